The first kappa shape index (κ1) is 10.6. The average Bonchev–Trinajstić information content (AvgIpc) is 3.06. The van der Waals surface area contributed by atoms with Gasteiger partial charge in [-0.25, -0.2) is 0 Å². The smallest absolute Gasteiger partial charge is 0.231 e. The Morgan fingerprint density at radius 3 is 2.78 bits per heavy atom. The maximum Gasteiger partial charge on any atom is 0.231 e. The number of benzene rings is 1. The highest BCUT2D eigenvalue weighted by atomic mass is 16.7. The summed E-state index contributed by atoms with van der Waals surface area (Å²) in [5.41, 5.74) is 1.06. The van der Waals surface area contributed by atoms with Crippen LogP contribution >= 0.6 is 0 Å². The lowest BCUT2D eigenvalue weighted by molar-refractivity contribution is -0.0961. The standard InChI is InChI=1S/C13H14O5/c14-13-9-5-15-12(8(9)4-16-13)7-1-2-10-11(3-7)18-6-17-10/h1-3,8-9,12-14H,4-6H2/t8-,9-,12+,13-/m1/s1. The van der Waals surface area contributed by atoms with Crippen LogP contribution in [0.5, 0.6) is 11.5 Å². The molecule has 0 bridgehead atoms. The van der Waals surface area contributed by atoms with Crippen molar-refractivity contribution in [2.24, 2.45) is 11.8 Å². The van der Waals surface area contributed by atoms with Gasteiger partial charge in [-0.2, -0.15) is 0 Å². The molecule has 5 heteroatoms. The van der Waals surface area contributed by atoms with Gasteiger partial charge >= 0.3 is 0 Å². The molecule has 2 saturated heterocycles. The topological polar surface area (TPSA) is 57.2 Å². The van der Waals surface area contributed by atoms with Crippen LogP contribution in [0.2, 0.25) is 0 Å². The summed E-state index contributed by atoms with van der Waals surface area (Å²) in [5.74, 6) is 1.84. The van der Waals surface area contributed by atoms with E-state index >= 15 is 0 Å². The SMILES string of the molecule is O[C@@H]1OC[C@@H]2[C@H]1CO[C@H]2c1ccc2c(c1)OCO2. The molecule has 0 aliphatic carbocycles. The molecule has 3 aliphatic heterocycles. The molecule has 1 N–H and O–H groups in total. The molecule has 0 amide bonds. The normalized spacial score (nSPS) is 36.9. The number of aliphatic hydroxyl groups is 1. The highest BCUT2D eigenvalue weighted by Gasteiger charge is 2.47. The predicted molar refractivity (Wildman–Crippen MR) is 60.2 cm³/mol. The second-order valence-corrected chi connectivity index (χ2v) is 4.92. The highest BCUT2D eigenvalue weighted by molar-refractivity contribution is 5.45. The third-order valence-electron chi connectivity index (χ3n) is 3.96. The fourth-order valence-electron chi connectivity index (χ4n) is 2.96. The van der Waals surface area contributed by atoms with E-state index in [9.17, 15) is 5.11 Å². The zero-order valence-corrected chi connectivity index (χ0v) is 9.74. The van der Waals surface area contributed by atoms with Gasteiger partial charge in [-0.15, -0.1) is 0 Å². The van der Waals surface area contributed by atoms with Crippen molar-refractivity contribution in [3.05, 3.63) is 23.8 Å². The van der Waals surface area contributed by atoms with Crippen molar-refractivity contribution in [2.45, 2.75) is 12.4 Å². The Morgan fingerprint density at radius 1 is 1.00 bits per heavy atom. The van der Waals surface area contributed by atoms with E-state index in [1.165, 1.54) is 0 Å². The maximum absolute atomic E-state index is 9.67. The van der Waals surface area contributed by atoms with Gasteiger partial charge in [0.05, 0.1) is 19.3 Å². The van der Waals surface area contributed by atoms with E-state index in [2.05, 4.69) is 0 Å². The molecule has 1 aromatic rings. The molecule has 4 rings (SSSR count). The van der Waals surface area contributed by atoms with Gasteiger partial charge in [0.15, 0.2) is 17.8 Å². The Labute approximate surface area is 104 Å². The van der Waals surface area contributed by atoms with E-state index in [4.69, 9.17) is 18.9 Å². The van der Waals surface area contributed by atoms with Crippen molar-refractivity contribution in [1.29, 1.82) is 0 Å². The molecule has 0 unspecified atom stereocenters. The van der Waals surface area contributed by atoms with Crippen LogP contribution in [-0.2, 0) is 9.47 Å². The lowest BCUT2D eigenvalue weighted by Crippen LogP contribution is -2.19. The molecule has 3 aliphatic rings. The summed E-state index contributed by atoms with van der Waals surface area (Å²) in [6.07, 6.45) is -0.712. The summed E-state index contributed by atoms with van der Waals surface area (Å²) in [7, 11) is 0. The molecular weight excluding hydrogens is 236 g/mol. The Kier molecular flexibility index (Phi) is 2.27. The van der Waals surface area contributed by atoms with Gasteiger partial charge in [-0.1, -0.05) is 6.07 Å². The van der Waals surface area contributed by atoms with Gasteiger partial charge in [0, 0.05) is 11.8 Å². The highest BCUT2D eigenvalue weighted by Crippen LogP contribution is 2.46. The number of hydrogen-bond acceptors (Lipinski definition) is 5. The van der Waals surface area contributed by atoms with Crippen LogP contribution in [-0.4, -0.2) is 31.4 Å². The Hall–Kier alpha value is -1.30. The fourth-order valence-corrected chi connectivity index (χ4v) is 2.96. The molecule has 0 radical (unpaired) electrons. The second kappa shape index (κ2) is 3.85. The molecule has 3 heterocycles. The molecule has 0 spiro atoms. The molecule has 4 atom stereocenters. The van der Waals surface area contributed by atoms with Crippen molar-refractivity contribution in [3.63, 3.8) is 0 Å². The molecule has 0 aromatic heterocycles. The predicted octanol–water partition coefficient (Wildman–Crippen LogP) is 1.07. The van der Waals surface area contributed by atoms with Crippen LogP contribution in [0.15, 0.2) is 18.2 Å². The minimum absolute atomic E-state index is 0.0263. The summed E-state index contributed by atoms with van der Waals surface area (Å²) in [4.78, 5) is 0. The lowest BCUT2D eigenvalue weighted by atomic mass is 9.89. The van der Waals surface area contributed by atoms with Gasteiger partial charge in [-0.05, 0) is 17.7 Å². The van der Waals surface area contributed by atoms with Crippen LogP contribution in [0, 0.1) is 11.8 Å². The molecule has 96 valence electrons. The van der Waals surface area contributed by atoms with E-state index in [0.717, 1.165) is 17.1 Å². The number of aliphatic hydroxyl groups excluding tert-OH is 1. The zero-order chi connectivity index (χ0) is 12.1. The minimum atomic E-state index is -0.686. The summed E-state index contributed by atoms with van der Waals surface area (Å²) < 4.78 is 21.7. The van der Waals surface area contributed by atoms with Crippen LogP contribution in [0.3, 0.4) is 0 Å². The van der Waals surface area contributed by atoms with Crippen molar-refractivity contribution >= 4 is 0 Å². The van der Waals surface area contributed by atoms with E-state index in [1.807, 2.05) is 18.2 Å². The molecular formula is C13H14O5. The zero-order valence-electron chi connectivity index (χ0n) is 9.74. The van der Waals surface area contributed by atoms with E-state index in [0.29, 0.717) is 13.2 Å². The molecule has 1 aromatic carbocycles. The first-order chi connectivity index (χ1) is 8.83. The van der Waals surface area contributed by atoms with Crippen LogP contribution in [0.4, 0.5) is 0 Å². The van der Waals surface area contributed by atoms with Crippen LogP contribution in [0.25, 0.3) is 0 Å². The van der Waals surface area contributed by atoms with E-state index in [1.54, 1.807) is 0 Å². The molecule has 2 fully saturated rings. The number of rotatable bonds is 1. The van der Waals surface area contributed by atoms with Gasteiger partial charge in [-0.3, -0.25) is 0 Å². The van der Waals surface area contributed by atoms with Crippen LogP contribution in [0.1, 0.15) is 11.7 Å². The van der Waals surface area contributed by atoms with Crippen molar-refractivity contribution < 1.29 is 24.1 Å². The number of fused-ring (bicyclic) bond motifs is 2. The first-order valence-electron chi connectivity index (χ1n) is 6.14. The average molecular weight is 250 g/mol. The Bertz CT molecular complexity index is 474. The molecule has 5 nitrogen and oxygen atoms in total. The van der Waals surface area contributed by atoms with Crippen molar-refractivity contribution in [2.75, 3.05) is 20.0 Å². The molecule has 0 saturated carbocycles. The monoisotopic (exact) mass is 250 g/mol. The van der Waals surface area contributed by atoms with Crippen molar-refractivity contribution in [1.82, 2.24) is 0 Å². The fraction of sp³-hybridized carbons (Fsp3) is 0.538. The summed E-state index contributed by atoms with van der Waals surface area (Å²) >= 11 is 0. The van der Waals surface area contributed by atoms with Crippen molar-refractivity contribution in [3.8, 4) is 11.5 Å². The first-order valence-corrected chi connectivity index (χ1v) is 6.14. The summed E-state index contributed by atoms with van der Waals surface area (Å²) in [6, 6.07) is 5.85. The summed E-state index contributed by atoms with van der Waals surface area (Å²) in [6.45, 7) is 1.37. The summed E-state index contributed by atoms with van der Waals surface area (Å²) in [5, 5.41) is 9.67. The largest absolute Gasteiger partial charge is 0.454 e. The number of ether oxygens (including phenoxy) is 4. The van der Waals surface area contributed by atoms with E-state index in [-0.39, 0.29) is 24.7 Å². The Morgan fingerprint density at radius 2 is 1.83 bits per heavy atom. The van der Waals surface area contributed by atoms with Gasteiger partial charge in [0.25, 0.3) is 0 Å². The third-order valence-corrected chi connectivity index (χ3v) is 3.96. The van der Waals surface area contributed by atoms with Gasteiger partial charge < -0.3 is 24.1 Å². The quantitative estimate of drug-likeness (QED) is 0.808. The van der Waals surface area contributed by atoms with E-state index < -0.39 is 6.29 Å². The number of hydrogen-bond donors (Lipinski definition) is 1. The lowest BCUT2D eigenvalue weighted by Gasteiger charge is -2.16. The minimum Gasteiger partial charge on any atom is -0.454 e. The van der Waals surface area contributed by atoms with Gasteiger partial charge in [0.1, 0.15) is 0 Å². The molecule has 18 heavy (non-hydrogen) atoms. The Balaban J connectivity index is 1.64. The maximum atomic E-state index is 9.67. The third kappa shape index (κ3) is 1.44. The van der Waals surface area contributed by atoms with Gasteiger partial charge in [0.2, 0.25) is 6.79 Å². The van der Waals surface area contributed by atoms with Crippen LogP contribution < -0.4 is 9.47 Å². The second-order valence-electron chi connectivity index (χ2n) is 4.92.